The van der Waals surface area contributed by atoms with Gasteiger partial charge in [-0.2, -0.15) is 5.26 Å². The molecule has 0 spiro atoms. The van der Waals surface area contributed by atoms with E-state index in [9.17, 15) is 10.1 Å². The van der Waals surface area contributed by atoms with Crippen LogP contribution in [0.5, 0.6) is 0 Å². The van der Waals surface area contributed by atoms with E-state index in [4.69, 9.17) is 4.74 Å². The molecule has 0 unspecified atom stereocenters. The fourth-order valence-electron chi connectivity index (χ4n) is 1.23. The van der Waals surface area contributed by atoms with Crippen LogP contribution in [0.2, 0.25) is 0 Å². The van der Waals surface area contributed by atoms with Gasteiger partial charge >= 0.3 is 5.97 Å². The maximum Gasteiger partial charge on any atom is 0.338 e. The summed E-state index contributed by atoms with van der Waals surface area (Å²) < 4.78 is 5.21. The van der Waals surface area contributed by atoms with Gasteiger partial charge in [-0.25, -0.2) is 9.78 Å². The van der Waals surface area contributed by atoms with Gasteiger partial charge in [0.1, 0.15) is 22.4 Å². The monoisotopic (exact) mass is 262 g/mol. The van der Waals surface area contributed by atoms with Gasteiger partial charge in [-0.1, -0.05) is 13.5 Å². The largest absolute Gasteiger partial charge is 0.426 e. The second-order valence-electron chi connectivity index (χ2n) is 3.67. The molecule has 0 fully saturated rings. The highest BCUT2D eigenvalue weighted by molar-refractivity contribution is 7.10. The minimum Gasteiger partial charge on any atom is -0.426 e. The molecule has 0 radical (unpaired) electrons. The summed E-state index contributed by atoms with van der Waals surface area (Å²) >= 11 is 1.34. The van der Waals surface area contributed by atoms with Crippen LogP contribution >= 0.6 is 11.3 Å². The van der Waals surface area contributed by atoms with Crippen LogP contribution in [0, 0.1) is 11.3 Å². The lowest BCUT2D eigenvalue weighted by atomic mass is 10.2. The summed E-state index contributed by atoms with van der Waals surface area (Å²) in [6.07, 6.45) is 2.90. The highest BCUT2D eigenvalue weighted by atomic mass is 32.1. The van der Waals surface area contributed by atoms with Gasteiger partial charge < -0.3 is 4.74 Å². The van der Waals surface area contributed by atoms with Crippen LogP contribution in [-0.2, 0) is 9.53 Å². The van der Waals surface area contributed by atoms with Crippen LogP contribution < -0.4 is 0 Å². The molecular formula is C13H14N2O2S. The summed E-state index contributed by atoms with van der Waals surface area (Å²) in [5.41, 5.74) is 0.626. The molecule has 1 aromatic heterocycles. The first-order valence-electron chi connectivity index (χ1n) is 5.51. The molecule has 0 bridgehead atoms. The third kappa shape index (κ3) is 3.54. The SMILES string of the molecule is C=C(C)C(=O)O/C(CCC)=C(\C#N)c1nccs1. The topological polar surface area (TPSA) is 63.0 Å². The number of rotatable bonds is 5. The molecule has 1 aromatic rings. The predicted octanol–water partition coefficient (Wildman–Crippen LogP) is 3.30. The van der Waals surface area contributed by atoms with Crippen molar-refractivity contribution in [2.45, 2.75) is 26.7 Å². The Morgan fingerprint density at radius 2 is 2.39 bits per heavy atom. The number of nitriles is 1. The zero-order valence-electron chi connectivity index (χ0n) is 10.4. The van der Waals surface area contributed by atoms with Gasteiger partial charge in [-0.3, -0.25) is 0 Å². The molecule has 0 aliphatic heterocycles. The summed E-state index contributed by atoms with van der Waals surface area (Å²) in [6.45, 7) is 7.04. The average molecular weight is 262 g/mol. The zero-order valence-corrected chi connectivity index (χ0v) is 11.2. The third-order valence-electron chi connectivity index (χ3n) is 2.08. The van der Waals surface area contributed by atoms with Crippen molar-refractivity contribution in [3.63, 3.8) is 0 Å². The van der Waals surface area contributed by atoms with Crippen molar-refractivity contribution in [3.05, 3.63) is 34.5 Å². The number of allylic oxidation sites excluding steroid dienone is 2. The highest BCUT2D eigenvalue weighted by Gasteiger charge is 2.16. The molecule has 4 nitrogen and oxygen atoms in total. The number of ether oxygens (including phenoxy) is 1. The summed E-state index contributed by atoms with van der Waals surface area (Å²) in [5.74, 6) is -0.147. The van der Waals surface area contributed by atoms with Gasteiger partial charge in [0, 0.05) is 23.6 Å². The number of nitrogens with zero attached hydrogens (tertiary/aromatic N) is 2. The van der Waals surface area contributed by atoms with Crippen LogP contribution in [0.15, 0.2) is 29.5 Å². The van der Waals surface area contributed by atoms with Crippen molar-refractivity contribution in [3.8, 4) is 6.07 Å². The first-order chi connectivity index (χ1) is 8.60. The molecular weight excluding hydrogens is 248 g/mol. The third-order valence-corrected chi connectivity index (χ3v) is 2.87. The van der Waals surface area contributed by atoms with Crippen molar-refractivity contribution in [2.24, 2.45) is 0 Å². The van der Waals surface area contributed by atoms with E-state index < -0.39 is 5.97 Å². The molecule has 0 aliphatic carbocycles. The second-order valence-corrected chi connectivity index (χ2v) is 4.56. The Kier molecular flexibility index (Phi) is 5.28. The van der Waals surface area contributed by atoms with Crippen molar-refractivity contribution < 1.29 is 9.53 Å². The van der Waals surface area contributed by atoms with Crippen LogP contribution in [0.3, 0.4) is 0 Å². The van der Waals surface area contributed by atoms with Crippen LogP contribution in [0.4, 0.5) is 0 Å². The Balaban J connectivity index is 3.11. The summed E-state index contributed by atoms with van der Waals surface area (Å²) in [6, 6.07) is 2.05. The quantitative estimate of drug-likeness (QED) is 0.353. The lowest BCUT2D eigenvalue weighted by Gasteiger charge is -2.09. The van der Waals surface area contributed by atoms with Crippen molar-refractivity contribution >= 4 is 22.9 Å². The molecule has 94 valence electrons. The number of esters is 1. The van der Waals surface area contributed by atoms with E-state index in [1.165, 1.54) is 11.3 Å². The standard InChI is InChI=1S/C13H14N2O2S/c1-4-5-11(17-13(16)9(2)3)10(8-14)12-15-6-7-18-12/h6-7H,2,4-5H2,1,3H3/b11-10+. The molecule has 0 saturated carbocycles. The van der Waals surface area contributed by atoms with E-state index in [0.29, 0.717) is 28.3 Å². The number of carbonyl (C=O) groups is 1. The Bertz CT molecular complexity index is 510. The Morgan fingerprint density at radius 1 is 1.67 bits per heavy atom. The lowest BCUT2D eigenvalue weighted by Crippen LogP contribution is -2.06. The summed E-state index contributed by atoms with van der Waals surface area (Å²) in [7, 11) is 0. The van der Waals surface area contributed by atoms with Crippen molar-refractivity contribution in [2.75, 3.05) is 0 Å². The fraction of sp³-hybridized carbons (Fsp3) is 0.308. The van der Waals surface area contributed by atoms with E-state index in [0.717, 1.165) is 6.42 Å². The normalized spacial score (nSPS) is 11.4. The first-order valence-corrected chi connectivity index (χ1v) is 6.38. The number of hydrogen-bond donors (Lipinski definition) is 0. The highest BCUT2D eigenvalue weighted by Crippen LogP contribution is 2.24. The molecule has 0 amide bonds. The van der Waals surface area contributed by atoms with E-state index in [1.807, 2.05) is 6.92 Å². The Labute approximate surface area is 110 Å². The Hall–Kier alpha value is -1.93. The molecule has 0 N–H and O–H groups in total. The Morgan fingerprint density at radius 3 is 2.83 bits per heavy atom. The molecule has 0 aromatic carbocycles. The number of carbonyl (C=O) groups excluding carboxylic acids is 1. The molecule has 18 heavy (non-hydrogen) atoms. The maximum atomic E-state index is 11.5. The van der Waals surface area contributed by atoms with Gasteiger partial charge in [0.15, 0.2) is 0 Å². The fourth-order valence-corrected chi connectivity index (χ4v) is 1.88. The average Bonchev–Trinajstić information content (AvgIpc) is 2.83. The minimum atomic E-state index is -0.511. The summed E-state index contributed by atoms with van der Waals surface area (Å²) in [4.78, 5) is 15.6. The number of hydrogen-bond acceptors (Lipinski definition) is 5. The number of thiazole rings is 1. The van der Waals surface area contributed by atoms with Crippen LogP contribution in [0.25, 0.3) is 5.57 Å². The number of aromatic nitrogens is 1. The maximum absolute atomic E-state index is 11.5. The van der Waals surface area contributed by atoms with Gasteiger partial charge in [0.2, 0.25) is 0 Å². The minimum absolute atomic E-state index is 0.306. The van der Waals surface area contributed by atoms with Gasteiger partial charge in [0.05, 0.1) is 0 Å². The summed E-state index contributed by atoms with van der Waals surface area (Å²) in [5, 5.41) is 11.5. The smallest absolute Gasteiger partial charge is 0.338 e. The first kappa shape index (κ1) is 14.1. The van der Waals surface area contributed by atoms with Crippen LogP contribution in [0.1, 0.15) is 31.7 Å². The zero-order chi connectivity index (χ0) is 13.5. The molecule has 0 aliphatic rings. The van der Waals surface area contributed by atoms with Crippen LogP contribution in [-0.4, -0.2) is 11.0 Å². The predicted molar refractivity (Wildman–Crippen MR) is 70.5 cm³/mol. The second kappa shape index (κ2) is 6.72. The van der Waals surface area contributed by atoms with Gasteiger partial charge in [0.25, 0.3) is 0 Å². The molecule has 5 heteroatoms. The van der Waals surface area contributed by atoms with Gasteiger partial charge in [-0.05, 0) is 13.3 Å². The van der Waals surface area contributed by atoms with Crippen molar-refractivity contribution in [1.82, 2.24) is 4.98 Å². The molecule has 1 heterocycles. The van der Waals surface area contributed by atoms with E-state index in [2.05, 4.69) is 17.6 Å². The lowest BCUT2D eigenvalue weighted by molar-refractivity contribution is -0.135. The van der Waals surface area contributed by atoms with E-state index in [1.54, 1.807) is 18.5 Å². The molecule has 1 rings (SSSR count). The van der Waals surface area contributed by atoms with E-state index >= 15 is 0 Å². The molecule has 0 saturated heterocycles. The van der Waals surface area contributed by atoms with Crippen molar-refractivity contribution in [1.29, 1.82) is 5.26 Å². The molecule has 0 atom stereocenters. The van der Waals surface area contributed by atoms with E-state index in [-0.39, 0.29) is 0 Å². The van der Waals surface area contributed by atoms with Gasteiger partial charge in [-0.15, -0.1) is 11.3 Å².